The van der Waals surface area contributed by atoms with Crippen LogP contribution < -0.4 is 11.5 Å². The summed E-state index contributed by atoms with van der Waals surface area (Å²) in [5, 5.41) is 30.4. The number of nitrogens with zero attached hydrogens (tertiary/aromatic N) is 8. The van der Waals surface area contributed by atoms with Crippen LogP contribution in [0.25, 0.3) is 22.3 Å². The van der Waals surface area contributed by atoms with Crippen LogP contribution in [0.1, 0.15) is 12.5 Å². The molecule has 0 saturated carbocycles. The molecule has 0 aliphatic carbocycles. The number of imidazole rings is 2. The number of aliphatic hydroxyl groups is 3. The Kier molecular flexibility index (Phi) is 8.33. The quantitative estimate of drug-likeness (QED) is 0.0998. The molecule has 23 nitrogen and oxygen atoms in total. The van der Waals surface area contributed by atoms with E-state index in [4.69, 9.17) is 35.3 Å². The molecule has 45 heavy (non-hydrogen) atoms. The molecule has 3 aliphatic rings. The van der Waals surface area contributed by atoms with E-state index in [2.05, 4.69) is 39.0 Å². The van der Waals surface area contributed by atoms with Gasteiger partial charge in [-0.15, -0.1) is 0 Å². The molecule has 0 aromatic carbocycles. The number of hydrogen-bond acceptors (Lipinski definition) is 18. The first kappa shape index (κ1) is 31.7. The Morgan fingerprint density at radius 1 is 0.889 bits per heavy atom. The molecule has 3 saturated heterocycles. The van der Waals surface area contributed by atoms with E-state index in [0.29, 0.717) is 16.7 Å². The number of aromatic nitrogens is 8. The van der Waals surface area contributed by atoms with Gasteiger partial charge in [0, 0.05) is 0 Å². The van der Waals surface area contributed by atoms with E-state index in [1.54, 1.807) is 0 Å². The topological polar surface area (TPSA) is 341 Å². The van der Waals surface area contributed by atoms with Crippen molar-refractivity contribution in [3.05, 3.63) is 25.3 Å². The summed E-state index contributed by atoms with van der Waals surface area (Å²) in [7, 11) is -8.88. The van der Waals surface area contributed by atoms with E-state index in [-0.39, 0.29) is 23.9 Å². The summed E-state index contributed by atoms with van der Waals surface area (Å²) in [6.45, 7) is -0.751. The summed E-state index contributed by atoms with van der Waals surface area (Å²) in [5.41, 5.74) is 12.7. The van der Waals surface area contributed by atoms with Crippen LogP contribution in [0.15, 0.2) is 25.3 Å². The predicted octanol–water partition coefficient (Wildman–Crippen LogP) is -2.68. The molecule has 25 heteroatoms. The minimum absolute atomic E-state index is 0.142. The Labute approximate surface area is 250 Å². The zero-order valence-electron chi connectivity index (χ0n) is 22.5. The number of hydrogen-bond donors (Lipinski definition) is 8. The van der Waals surface area contributed by atoms with Crippen LogP contribution in [-0.2, 0) is 32.2 Å². The fourth-order valence-corrected chi connectivity index (χ4v) is 6.25. The molecular formula is C20H26N10O13P2. The van der Waals surface area contributed by atoms with Gasteiger partial charge in [-0.3, -0.25) is 22.7 Å². The van der Waals surface area contributed by atoms with Crippen molar-refractivity contribution in [1.29, 1.82) is 0 Å². The number of nitrogens with two attached hydrogens (primary N) is 2. The molecule has 7 rings (SSSR count). The maximum absolute atomic E-state index is 11.5. The van der Waals surface area contributed by atoms with Crippen molar-refractivity contribution in [2.24, 2.45) is 0 Å². The molecule has 0 amide bonds. The zero-order valence-corrected chi connectivity index (χ0v) is 24.3. The van der Waals surface area contributed by atoms with E-state index in [1.807, 2.05) is 0 Å². The molecule has 244 valence electrons. The van der Waals surface area contributed by atoms with E-state index in [9.17, 15) is 29.3 Å². The van der Waals surface area contributed by atoms with Gasteiger partial charge in [0.2, 0.25) is 0 Å². The minimum atomic E-state index is -4.72. The molecule has 9 atom stereocenters. The summed E-state index contributed by atoms with van der Waals surface area (Å²) in [6, 6.07) is 0. The number of rotatable bonds is 5. The highest BCUT2D eigenvalue weighted by atomic mass is 31.2. The van der Waals surface area contributed by atoms with Crippen LogP contribution >= 0.6 is 15.6 Å². The lowest BCUT2D eigenvalue weighted by molar-refractivity contribution is -0.0664. The molecule has 7 heterocycles. The van der Waals surface area contributed by atoms with Crippen LogP contribution in [0, 0.1) is 0 Å². The molecule has 3 fully saturated rings. The van der Waals surface area contributed by atoms with E-state index in [1.165, 1.54) is 34.4 Å². The number of ether oxygens (including phenoxy) is 2. The average Bonchev–Trinajstić information content (AvgIpc) is 3.74. The van der Waals surface area contributed by atoms with Gasteiger partial charge in [-0.1, -0.05) is 0 Å². The van der Waals surface area contributed by atoms with Gasteiger partial charge < -0.3 is 50.9 Å². The van der Waals surface area contributed by atoms with E-state index >= 15 is 0 Å². The third-order valence-electron chi connectivity index (χ3n) is 7.03. The Bertz CT molecular complexity index is 1800. The number of aliphatic hydroxyl groups excluding tert-OH is 3. The van der Waals surface area contributed by atoms with Gasteiger partial charge in [0.05, 0.1) is 25.9 Å². The summed E-state index contributed by atoms with van der Waals surface area (Å²) >= 11 is 0. The number of phosphoric acid groups is 2. The standard InChI is InChI=1S/C10H14N5O7P.C10H12N5O6P/c11-8-5-9(13-2-12-8)15(3-14-5)10-7(17)6(16)4(22-10)1-21-23(18,19)20;11-8-5-9(13-2-12-8)15(3-14-5)10-6(16)7-4(20-10)1-19-22(17,18)21-7/h2-4,6-7,10,16-17H,1H2,(H2,11,12,13)(H2,18,19,20);2-4,6-7,10,16H,1H2,(H,17,18)(H2,11,12,13)/t4-,6+,7?,10-;4-,6?,7+,10-/m11/s1. The third-order valence-corrected chi connectivity index (χ3v) is 8.50. The molecule has 3 unspecified atom stereocenters. The maximum Gasteiger partial charge on any atom is 0.472 e. The maximum atomic E-state index is 11.5. The molecule has 0 radical (unpaired) electrons. The molecule has 4 aromatic rings. The van der Waals surface area contributed by atoms with Crippen molar-refractivity contribution in [1.82, 2.24) is 39.0 Å². The van der Waals surface area contributed by atoms with Crippen LogP contribution in [0.4, 0.5) is 11.6 Å². The van der Waals surface area contributed by atoms with Crippen molar-refractivity contribution < 1.29 is 62.2 Å². The fourth-order valence-electron chi connectivity index (χ4n) is 4.95. The summed E-state index contributed by atoms with van der Waals surface area (Å²) < 4.78 is 50.0. The Hall–Kier alpha value is -3.28. The lowest BCUT2D eigenvalue weighted by Crippen LogP contribution is -2.39. The lowest BCUT2D eigenvalue weighted by Gasteiger charge is -2.27. The number of phosphoric ester groups is 2. The fraction of sp³-hybridized carbons (Fsp3) is 0.500. The first-order chi connectivity index (χ1) is 21.2. The first-order valence-corrected chi connectivity index (χ1v) is 15.8. The largest absolute Gasteiger partial charge is 0.472 e. The van der Waals surface area contributed by atoms with Gasteiger partial charge in [0.25, 0.3) is 0 Å². The van der Waals surface area contributed by atoms with Gasteiger partial charge in [-0.25, -0.2) is 39.0 Å². The lowest BCUT2D eigenvalue weighted by atomic mass is 10.1. The molecule has 3 aliphatic heterocycles. The number of fused-ring (bicyclic) bond motifs is 3. The molecule has 0 bridgehead atoms. The Morgan fingerprint density at radius 2 is 1.44 bits per heavy atom. The molecule has 0 spiro atoms. The first-order valence-electron chi connectivity index (χ1n) is 12.8. The Balaban J connectivity index is 0.000000159. The van der Waals surface area contributed by atoms with Crippen LogP contribution in [0.5, 0.6) is 0 Å². The smallest absolute Gasteiger partial charge is 0.387 e. The van der Waals surface area contributed by atoms with Crippen LogP contribution in [0.2, 0.25) is 0 Å². The monoisotopic (exact) mass is 676 g/mol. The van der Waals surface area contributed by atoms with Gasteiger partial charge in [-0.2, -0.15) is 0 Å². The second-order valence-electron chi connectivity index (χ2n) is 9.89. The molecule has 4 aromatic heterocycles. The summed E-state index contributed by atoms with van der Waals surface area (Å²) in [4.78, 5) is 50.5. The minimum Gasteiger partial charge on any atom is -0.387 e. The van der Waals surface area contributed by atoms with Crippen molar-refractivity contribution in [2.75, 3.05) is 24.7 Å². The highest BCUT2D eigenvalue weighted by Crippen LogP contribution is 2.52. The molecule has 10 N–H and O–H groups in total. The summed E-state index contributed by atoms with van der Waals surface area (Å²) in [5.74, 6) is 0.344. The van der Waals surface area contributed by atoms with E-state index < -0.39 is 71.3 Å². The number of nitrogen functional groups attached to an aromatic ring is 2. The number of anilines is 2. The second-order valence-corrected chi connectivity index (χ2v) is 12.5. The van der Waals surface area contributed by atoms with Crippen molar-refractivity contribution in [3.63, 3.8) is 0 Å². The second kappa shape index (κ2) is 11.8. The normalized spacial score (nSPS) is 33.3. The average molecular weight is 676 g/mol. The summed E-state index contributed by atoms with van der Waals surface area (Å²) in [6.07, 6.45) is -3.56. The van der Waals surface area contributed by atoms with Gasteiger partial charge in [0.1, 0.15) is 60.3 Å². The van der Waals surface area contributed by atoms with Crippen LogP contribution in [-0.4, -0.2) is 119 Å². The van der Waals surface area contributed by atoms with Gasteiger partial charge in [0.15, 0.2) is 35.4 Å². The SMILES string of the molecule is Nc1ncnc2c1ncn2[C@@H]1O[C@@H]2COP(=O)(O)O[C@@H]2C1O.Nc1ncnc2c1ncn2[C@@H]1O[C@H](COP(=O)(O)O)[C@H](O)C1O. The van der Waals surface area contributed by atoms with Gasteiger partial charge in [-0.05, 0) is 0 Å². The zero-order chi connectivity index (χ0) is 32.3. The van der Waals surface area contributed by atoms with Crippen molar-refractivity contribution in [3.8, 4) is 0 Å². The van der Waals surface area contributed by atoms with Gasteiger partial charge >= 0.3 is 15.6 Å². The van der Waals surface area contributed by atoms with E-state index in [0.717, 1.165) is 0 Å². The van der Waals surface area contributed by atoms with Crippen molar-refractivity contribution in [2.45, 2.75) is 49.1 Å². The third kappa shape index (κ3) is 6.14. The van der Waals surface area contributed by atoms with Crippen molar-refractivity contribution >= 4 is 49.6 Å². The predicted molar refractivity (Wildman–Crippen MR) is 144 cm³/mol. The van der Waals surface area contributed by atoms with Crippen LogP contribution in [0.3, 0.4) is 0 Å². The highest BCUT2D eigenvalue weighted by molar-refractivity contribution is 7.47. The Morgan fingerprint density at radius 3 is 2.00 bits per heavy atom. The molecular weight excluding hydrogens is 650 g/mol. The highest BCUT2D eigenvalue weighted by Gasteiger charge is 2.52.